The molecule has 1 aromatic carbocycles. The molecule has 1 aromatic rings. The standard InChI is InChI=1S/C14H17Cl2N3O/c1-8(2)6-14(7-12(20)18-13(17)19-14)9-3-4-10(15)11(16)5-9/h3-5,8H,6-7H2,1-2H3,(H3,17,18,19,20). The summed E-state index contributed by atoms with van der Waals surface area (Å²) in [7, 11) is 0. The van der Waals surface area contributed by atoms with Crippen LogP contribution < -0.4 is 11.1 Å². The second-order valence-corrected chi connectivity index (χ2v) is 6.29. The Kier molecular flexibility index (Phi) is 4.25. The van der Waals surface area contributed by atoms with Gasteiger partial charge in [0.2, 0.25) is 5.91 Å². The van der Waals surface area contributed by atoms with E-state index >= 15 is 0 Å². The Hall–Kier alpha value is -1.26. The third-order valence-electron chi connectivity index (χ3n) is 3.26. The molecule has 4 nitrogen and oxygen atoms in total. The Morgan fingerprint density at radius 2 is 2.10 bits per heavy atom. The number of aliphatic imine (C=N–C) groups is 1. The van der Waals surface area contributed by atoms with E-state index in [0.717, 1.165) is 5.56 Å². The number of rotatable bonds is 3. The molecule has 0 aliphatic carbocycles. The first-order valence-electron chi connectivity index (χ1n) is 6.43. The van der Waals surface area contributed by atoms with Crippen molar-refractivity contribution in [2.45, 2.75) is 32.2 Å². The smallest absolute Gasteiger partial charge is 0.229 e. The van der Waals surface area contributed by atoms with E-state index in [-0.39, 0.29) is 18.3 Å². The van der Waals surface area contributed by atoms with Gasteiger partial charge in [-0.25, -0.2) is 4.99 Å². The predicted molar refractivity (Wildman–Crippen MR) is 82.0 cm³/mol. The molecule has 20 heavy (non-hydrogen) atoms. The number of nitrogens with zero attached hydrogens (tertiary/aromatic N) is 1. The van der Waals surface area contributed by atoms with E-state index in [2.05, 4.69) is 24.2 Å². The van der Waals surface area contributed by atoms with Crippen molar-refractivity contribution >= 4 is 35.1 Å². The summed E-state index contributed by atoms with van der Waals surface area (Å²) in [5, 5.41) is 3.46. The van der Waals surface area contributed by atoms with E-state index in [1.54, 1.807) is 12.1 Å². The van der Waals surface area contributed by atoms with Gasteiger partial charge in [0.1, 0.15) is 0 Å². The molecule has 1 unspecified atom stereocenters. The van der Waals surface area contributed by atoms with Crippen molar-refractivity contribution < 1.29 is 4.79 Å². The van der Waals surface area contributed by atoms with Gasteiger partial charge in [0, 0.05) is 0 Å². The first-order chi connectivity index (χ1) is 9.32. The zero-order chi connectivity index (χ0) is 14.9. The van der Waals surface area contributed by atoms with Gasteiger partial charge in [-0.2, -0.15) is 0 Å². The fourth-order valence-corrected chi connectivity index (χ4v) is 2.91. The molecule has 1 heterocycles. The van der Waals surface area contributed by atoms with E-state index in [0.29, 0.717) is 22.4 Å². The van der Waals surface area contributed by atoms with Crippen molar-refractivity contribution in [3.63, 3.8) is 0 Å². The Labute approximate surface area is 128 Å². The monoisotopic (exact) mass is 313 g/mol. The molecule has 108 valence electrons. The first kappa shape index (κ1) is 15.1. The van der Waals surface area contributed by atoms with Gasteiger partial charge in [0.05, 0.1) is 22.0 Å². The van der Waals surface area contributed by atoms with Crippen LogP contribution in [0.3, 0.4) is 0 Å². The molecule has 0 radical (unpaired) electrons. The van der Waals surface area contributed by atoms with Gasteiger partial charge in [-0.05, 0) is 30.0 Å². The topological polar surface area (TPSA) is 67.5 Å². The van der Waals surface area contributed by atoms with Crippen LogP contribution in [0, 0.1) is 5.92 Å². The number of amides is 1. The molecule has 0 fully saturated rings. The van der Waals surface area contributed by atoms with Gasteiger partial charge in [0.25, 0.3) is 0 Å². The average molecular weight is 314 g/mol. The molecular weight excluding hydrogens is 297 g/mol. The van der Waals surface area contributed by atoms with Crippen LogP contribution in [0.1, 0.15) is 32.3 Å². The highest BCUT2D eigenvalue weighted by Gasteiger charge is 2.38. The van der Waals surface area contributed by atoms with Crippen molar-refractivity contribution in [2.75, 3.05) is 0 Å². The Balaban J connectivity index is 2.54. The summed E-state index contributed by atoms with van der Waals surface area (Å²) in [6.45, 7) is 4.16. The summed E-state index contributed by atoms with van der Waals surface area (Å²) in [5.74, 6) is 0.365. The Morgan fingerprint density at radius 3 is 2.65 bits per heavy atom. The van der Waals surface area contributed by atoms with Gasteiger partial charge in [-0.1, -0.05) is 43.1 Å². The van der Waals surface area contributed by atoms with Crippen molar-refractivity contribution in [2.24, 2.45) is 16.6 Å². The molecule has 0 saturated carbocycles. The number of benzene rings is 1. The largest absolute Gasteiger partial charge is 0.370 e. The van der Waals surface area contributed by atoms with Crippen molar-refractivity contribution in [3.8, 4) is 0 Å². The molecule has 1 atom stereocenters. The highest BCUT2D eigenvalue weighted by molar-refractivity contribution is 6.42. The number of guanidine groups is 1. The van der Waals surface area contributed by atoms with Crippen LogP contribution in [-0.2, 0) is 10.3 Å². The van der Waals surface area contributed by atoms with Gasteiger partial charge < -0.3 is 5.73 Å². The molecular formula is C14H17Cl2N3O. The third-order valence-corrected chi connectivity index (χ3v) is 4.00. The number of hydrogen-bond acceptors (Lipinski definition) is 3. The molecule has 1 aliphatic heterocycles. The molecule has 0 spiro atoms. The van der Waals surface area contributed by atoms with E-state index in [1.165, 1.54) is 0 Å². The lowest BCUT2D eigenvalue weighted by atomic mass is 9.79. The molecule has 1 aliphatic rings. The van der Waals surface area contributed by atoms with Crippen LogP contribution in [0.5, 0.6) is 0 Å². The van der Waals surface area contributed by atoms with Crippen molar-refractivity contribution in [1.29, 1.82) is 0 Å². The van der Waals surface area contributed by atoms with Crippen LogP contribution in [0.4, 0.5) is 0 Å². The Morgan fingerprint density at radius 1 is 1.40 bits per heavy atom. The van der Waals surface area contributed by atoms with Crippen LogP contribution in [0.2, 0.25) is 10.0 Å². The maximum absolute atomic E-state index is 11.9. The molecule has 1 amide bonds. The molecule has 0 aromatic heterocycles. The zero-order valence-electron chi connectivity index (χ0n) is 11.4. The summed E-state index contributed by atoms with van der Waals surface area (Å²) in [6.07, 6.45) is 0.961. The number of hydrogen-bond donors (Lipinski definition) is 2. The van der Waals surface area contributed by atoms with Gasteiger partial charge in [0.15, 0.2) is 5.96 Å². The maximum atomic E-state index is 11.9. The molecule has 0 saturated heterocycles. The average Bonchev–Trinajstić information content (AvgIpc) is 2.30. The van der Waals surface area contributed by atoms with E-state index in [4.69, 9.17) is 28.9 Å². The summed E-state index contributed by atoms with van der Waals surface area (Å²) >= 11 is 12.0. The minimum absolute atomic E-state index is 0.135. The number of carbonyl (C=O) groups is 1. The summed E-state index contributed by atoms with van der Waals surface area (Å²) in [6, 6.07) is 5.34. The summed E-state index contributed by atoms with van der Waals surface area (Å²) in [5.41, 5.74) is 5.93. The highest BCUT2D eigenvalue weighted by atomic mass is 35.5. The second kappa shape index (κ2) is 5.62. The first-order valence-corrected chi connectivity index (χ1v) is 7.19. The van der Waals surface area contributed by atoms with Crippen LogP contribution in [0.25, 0.3) is 0 Å². The fourth-order valence-electron chi connectivity index (χ4n) is 2.61. The predicted octanol–water partition coefficient (Wildman–Crippen LogP) is 3.07. The van der Waals surface area contributed by atoms with E-state index in [1.807, 2.05) is 6.07 Å². The van der Waals surface area contributed by atoms with Crippen molar-refractivity contribution in [3.05, 3.63) is 33.8 Å². The van der Waals surface area contributed by atoms with Gasteiger partial charge in [-0.3, -0.25) is 10.1 Å². The lowest BCUT2D eigenvalue weighted by Crippen LogP contribution is -2.48. The lowest BCUT2D eigenvalue weighted by molar-refractivity contribution is -0.121. The molecule has 2 rings (SSSR count). The van der Waals surface area contributed by atoms with Gasteiger partial charge >= 0.3 is 0 Å². The van der Waals surface area contributed by atoms with Crippen LogP contribution >= 0.6 is 23.2 Å². The highest BCUT2D eigenvalue weighted by Crippen LogP contribution is 2.39. The third kappa shape index (κ3) is 3.07. The quantitative estimate of drug-likeness (QED) is 0.900. The minimum atomic E-state index is -0.672. The summed E-state index contributed by atoms with van der Waals surface area (Å²) in [4.78, 5) is 16.4. The van der Waals surface area contributed by atoms with Crippen molar-refractivity contribution in [1.82, 2.24) is 5.32 Å². The van der Waals surface area contributed by atoms with E-state index < -0.39 is 5.54 Å². The summed E-state index contributed by atoms with van der Waals surface area (Å²) < 4.78 is 0. The number of carbonyl (C=O) groups excluding carboxylic acids is 1. The number of halogens is 2. The normalized spacial score (nSPS) is 22.6. The van der Waals surface area contributed by atoms with Crippen LogP contribution in [0.15, 0.2) is 23.2 Å². The second-order valence-electron chi connectivity index (χ2n) is 5.48. The molecule has 3 N–H and O–H groups in total. The fraction of sp³-hybridized carbons (Fsp3) is 0.429. The van der Waals surface area contributed by atoms with E-state index in [9.17, 15) is 4.79 Å². The molecule has 0 bridgehead atoms. The molecule has 6 heteroatoms. The number of nitrogens with one attached hydrogen (secondary N) is 1. The Bertz CT molecular complexity index is 572. The maximum Gasteiger partial charge on any atom is 0.229 e. The lowest BCUT2D eigenvalue weighted by Gasteiger charge is -2.35. The van der Waals surface area contributed by atoms with Crippen LogP contribution in [-0.4, -0.2) is 11.9 Å². The number of nitrogens with two attached hydrogens (primary N) is 1. The SMILES string of the molecule is CC(C)CC1(c2ccc(Cl)c(Cl)c2)CC(=O)NC(N)=N1. The zero-order valence-corrected chi connectivity index (χ0v) is 12.9. The van der Waals surface area contributed by atoms with Gasteiger partial charge in [-0.15, -0.1) is 0 Å². The minimum Gasteiger partial charge on any atom is -0.370 e.